The van der Waals surface area contributed by atoms with Gasteiger partial charge in [-0.15, -0.1) is 11.6 Å². The molecule has 0 aromatic heterocycles. The average Bonchev–Trinajstić information content (AvgIpc) is 2.42. The second kappa shape index (κ2) is 8.64. The molecule has 0 amide bonds. The first-order valence-corrected chi connectivity index (χ1v) is 8.85. The molecule has 0 fully saturated rings. The summed E-state index contributed by atoms with van der Waals surface area (Å²) in [6, 6.07) is 3.50. The van der Waals surface area contributed by atoms with E-state index in [9.17, 15) is 0 Å². The Labute approximate surface area is 157 Å². The molecule has 0 saturated heterocycles. The highest BCUT2D eigenvalue weighted by atomic mass is 35.5. The number of allylic oxidation sites excluding steroid dienone is 2. The summed E-state index contributed by atoms with van der Waals surface area (Å²) in [5, 5.41) is 1.52. The standard InChI is InChI=1S/C17H18Cl4O2/c1-10-6-12(18)8-14(20)16(10)22-4-3-5-23-17-11(2)7-13(19)9-15(17)21/h6-9,14,16H,3-5H2,1-2H3. The minimum Gasteiger partial charge on any atom is -0.492 e. The summed E-state index contributed by atoms with van der Waals surface area (Å²) in [6.45, 7) is 4.91. The van der Waals surface area contributed by atoms with Crippen LogP contribution in [0.2, 0.25) is 10.0 Å². The van der Waals surface area contributed by atoms with Crippen molar-refractivity contribution in [1.29, 1.82) is 0 Å². The van der Waals surface area contributed by atoms with E-state index in [-0.39, 0.29) is 11.5 Å². The molecule has 0 aliphatic heterocycles. The van der Waals surface area contributed by atoms with Crippen molar-refractivity contribution in [3.63, 3.8) is 0 Å². The zero-order valence-electron chi connectivity index (χ0n) is 12.9. The summed E-state index contributed by atoms with van der Waals surface area (Å²) < 4.78 is 11.6. The molecule has 1 aliphatic carbocycles. The van der Waals surface area contributed by atoms with E-state index in [0.29, 0.717) is 34.0 Å². The molecule has 2 atom stereocenters. The second-order valence-corrected chi connectivity index (χ2v) is 7.20. The largest absolute Gasteiger partial charge is 0.492 e. The average molecular weight is 396 g/mol. The van der Waals surface area contributed by atoms with Crippen LogP contribution in [0.4, 0.5) is 0 Å². The van der Waals surface area contributed by atoms with Crippen molar-refractivity contribution in [3.8, 4) is 5.75 Å². The quantitative estimate of drug-likeness (QED) is 0.425. The van der Waals surface area contributed by atoms with E-state index < -0.39 is 0 Å². The third-order valence-electron chi connectivity index (χ3n) is 3.45. The Balaban J connectivity index is 1.78. The highest BCUT2D eigenvalue weighted by Gasteiger charge is 2.23. The molecule has 0 saturated carbocycles. The van der Waals surface area contributed by atoms with Crippen molar-refractivity contribution in [3.05, 3.63) is 50.5 Å². The summed E-state index contributed by atoms with van der Waals surface area (Å²) in [7, 11) is 0. The van der Waals surface area contributed by atoms with Crippen LogP contribution in [0.1, 0.15) is 18.9 Å². The fourth-order valence-electron chi connectivity index (χ4n) is 2.38. The van der Waals surface area contributed by atoms with Crippen LogP contribution in [0, 0.1) is 6.92 Å². The van der Waals surface area contributed by atoms with Gasteiger partial charge in [0.1, 0.15) is 5.75 Å². The van der Waals surface area contributed by atoms with Crippen LogP contribution in [-0.4, -0.2) is 24.7 Å². The fraction of sp³-hybridized carbons (Fsp3) is 0.412. The molecule has 0 bridgehead atoms. The van der Waals surface area contributed by atoms with Crippen molar-refractivity contribution in [1.82, 2.24) is 0 Å². The molecule has 0 radical (unpaired) electrons. The summed E-state index contributed by atoms with van der Waals surface area (Å²) in [4.78, 5) is 0. The van der Waals surface area contributed by atoms with Crippen molar-refractivity contribution in [2.24, 2.45) is 0 Å². The van der Waals surface area contributed by atoms with Crippen LogP contribution in [0.25, 0.3) is 0 Å². The number of rotatable bonds is 6. The molecule has 1 aromatic rings. The van der Waals surface area contributed by atoms with Gasteiger partial charge in [-0.3, -0.25) is 0 Å². The molecule has 2 nitrogen and oxygen atoms in total. The van der Waals surface area contributed by atoms with Crippen LogP contribution >= 0.6 is 46.4 Å². The Morgan fingerprint density at radius 1 is 1.09 bits per heavy atom. The van der Waals surface area contributed by atoms with Crippen LogP contribution in [0.3, 0.4) is 0 Å². The lowest BCUT2D eigenvalue weighted by Crippen LogP contribution is -2.27. The maximum absolute atomic E-state index is 6.25. The number of aryl methyl sites for hydroxylation is 1. The van der Waals surface area contributed by atoms with Gasteiger partial charge in [-0.25, -0.2) is 0 Å². The van der Waals surface area contributed by atoms with E-state index in [1.54, 1.807) is 12.1 Å². The van der Waals surface area contributed by atoms with Gasteiger partial charge in [-0.2, -0.15) is 0 Å². The highest BCUT2D eigenvalue weighted by molar-refractivity contribution is 6.35. The lowest BCUT2D eigenvalue weighted by atomic mass is 10.0. The Kier molecular flexibility index (Phi) is 7.12. The number of ether oxygens (including phenoxy) is 2. The number of halogens is 4. The topological polar surface area (TPSA) is 18.5 Å². The van der Waals surface area contributed by atoms with Crippen molar-refractivity contribution < 1.29 is 9.47 Å². The summed E-state index contributed by atoms with van der Waals surface area (Å²) in [5.41, 5.74) is 1.94. The van der Waals surface area contributed by atoms with Gasteiger partial charge in [0.05, 0.1) is 29.7 Å². The summed E-state index contributed by atoms with van der Waals surface area (Å²) >= 11 is 24.3. The van der Waals surface area contributed by atoms with E-state index in [1.807, 2.05) is 26.0 Å². The van der Waals surface area contributed by atoms with E-state index in [4.69, 9.17) is 55.9 Å². The lowest BCUT2D eigenvalue weighted by molar-refractivity contribution is 0.0711. The zero-order valence-corrected chi connectivity index (χ0v) is 15.9. The van der Waals surface area contributed by atoms with Crippen LogP contribution < -0.4 is 4.74 Å². The van der Waals surface area contributed by atoms with E-state index in [0.717, 1.165) is 17.6 Å². The predicted octanol–water partition coefficient (Wildman–Crippen LogP) is 6.15. The molecular weight excluding hydrogens is 378 g/mol. The highest BCUT2D eigenvalue weighted by Crippen LogP contribution is 2.32. The zero-order chi connectivity index (χ0) is 17.0. The van der Waals surface area contributed by atoms with Gasteiger partial charge < -0.3 is 9.47 Å². The van der Waals surface area contributed by atoms with Crippen LogP contribution in [0.5, 0.6) is 5.75 Å². The molecular formula is C17H18Cl4O2. The Morgan fingerprint density at radius 3 is 2.48 bits per heavy atom. The first kappa shape index (κ1) is 19.0. The molecule has 0 N–H and O–H groups in total. The molecule has 2 unspecified atom stereocenters. The smallest absolute Gasteiger partial charge is 0.140 e. The lowest BCUT2D eigenvalue weighted by Gasteiger charge is -2.25. The molecule has 6 heteroatoms. The molecule has 2 rings (SSSR count). The molecule has 0 heterocycles. The Morgan fingerprint density at radius 2 is 1.83 bits per heavy atom. The third-order valence-corrected chi connectivity index (χ3v) is 4.54. The molecule has 23 heavy (non-hydrogen) atoms. The van der Waals surface area contributed by atoms with Crippen molar-refractivity contribution in [2.75, 3.05) is 13.2 Å². The van der Waals surface area contributed by atoms with E-state index in [1.165, 1.54) is 0 Å². The molecule has 0 spiro atoms. The predicted molar refractivity (Wildman–Crippen MR) is 98.4 cm³/mol. The van der Waals surface area contributed by atoms with Gasteiger partial charge in [0.15, 0.2) is 0 Å². The second-order valence-electron chi connectivity index (χ2n) is 5.41. The van der Waals surface area contributed by atoms with Gasteiger partial charge in [0.25, 0.3) is 0 Å². The minimum absolute atomic E-state index is 0.153. The van der Waals surface area contributed by atoms with Gasteiger partial charge in [-0.1, -0.05) is 34.8 Å². The maximum Gasteiger partial charge on any atom is 0.140 e. The molecule has 1 aromatic carbocycles. The first-order chi connectivity index (χ1) is 10.9. The molecule has 126 valence electrons. The minimum atomic E-state index is -0.249. The molecule has 1 aliphatic rings. The van der Waals surface area contributed by atoms with Gasteiger partial charge >= 0.3 is 0 Å². The van der Waals surface area contributed by atoms with Gasteiger partial charge in [0, 0.05) is 16.5 Å². The first-order valence-electron chi connectivity index (χ1n) is 7.28. The summed E-state index contributed by atoms with van der Waals surface area (Å²) in [6.07, 6.45) is 4.23. The van der Waals surface area contributed by atoms with Gasteiger partial charge in [-0.05, 0) is 49.3 Å². The number of hydrogen-bond acceptors (Lipinski definition) is 2. The van der Waals surface area contributed by atoms with E-state index >= 15 is 0 Å². The van der Waals surface area contributed by atoms with E-state index in [2.05, 4.69) is 0 Å². The van der Waals surface area contributed by atoms with Crippen molar-refractivity contribution >= 4 is 46.4 Å². The number of benzene rings is 1. The normalized spacial score (nSPS) is 21.0. The Bertz CT molecular complexity index is 602. The van der Waals surface area contributed by atoms with Crippen molar-refractivity contribution in [2.45, 2.75) is 31.7 Å². The Hall–Kier alpha value is -0.380. The SMILES string of the molecule is CC1=CC(Cl)=CC(Cl)C1OCCCOc1c(C)cc(Cl)cc1Cl. The van der Waals surface area contributed by atoms with Crippen LogP contribution in [0.15, 0.2) is 34.9 Å². The number of alkyl halides is 1. The number of hydrogen-bond donors (Lipinski definition) is 0. The maximum atomic E-state index is 6.25. The third kappa shape index (κ3) is 5.30. The fourth-order valence-corrected chi connectivity index (χ4v) is 3.81. The summed E-state index contributed by atoms with van der Waals surface area (Å²) in [5.74, 6) is 0.662. The van der Waals surface area contributed by atoms with Crippen LogP contribution in [-0.2, 0) is 4.74 Å². The van der Waals surface area contributed by atoms with Gasteiger partial charge in [0.2, 0.25) is 0 Å². The monoisotopic (exact) mass is 394 g/mol.